The van der Waals surface area contributed by atoms with E-state index >= 15 is 0 Å². The number of carboxylic acids is 1. The van der Waals surface area contributed by atoms with E-state index in [1.165, 1.54) is 0 Å². The van der Waals surface area contributed by atoms with Gasteiger partial charge in [0, 0.05) is 11.7 Å². The van der Waals surface area contributed by atoms with Crippen molar-refractivity contribution in [2.75, 3.05) is 6.26 Å². The van der Waals surface area contributed by atoms with Crippen LogP contribution in [0.2, 0.25) is 0 Å². The molecule has 2 N–H and O–H groups in total. The third kappa shape index (κ3) is 5.39. The molecule has 0 aliphatic heterocycles. The van der Waals surface area contributed by atoms with Crippen molar-refractivity contribution in [1.82, 2.24) is 5.32 Å². The Morgan fingerprint density at radius 1 is 1.38 bits per heavy atom. The van der Waals surface area contributed by atoms with Crippen LogP contribution in [-0.2, 0) is 9.59 Å². The fraction of sp³-hybridized carbons (Fsp3) is 0.818. The number of aliphatic carboxylic acids is 1. The Hall–Kier alpha value is -0.710. The molecule has 0 bridgehead atoms. The van der Waals surface area contributed by atoms with Crippen molar-refractivity contribution >= 4 is 23.6 Å². The van der Waals surface area contributed by atoms with Crippen LogP contribution in [-0.4, -0.2) is 34.5 Å². The van der Waals surface area contributed by atoms with E-state index in [0.29, 0.717) is 6.42 Å². The quantitative estimate of drug-likeness (QED) is 0.719. The number of rotatable bonds is 7. The molecular weight excluding hydrogens is 226 g/mol. The van der Waals surface area contributed by atoms with Gasteiger partial charge in [0.1, 0.15) is 6.04 Å². The van der Waals surface area contributed by atoms with Crippen LogP contribution in [0.15, 0.2) is 0 Å². The van der Waals surface area contributed by atoms with Gasteiger partial charge in [-0.2, -0.15) is 11.8 Å². The van der Waals surface area contributed by atoms with Crippen molar-refractivity contribution in [3.8, 4) is 0 Å². The summed E-state index contributed by atoms with van der Waals surface area (Å²) < 4.78 is 0. The first-order valence-corrected chi connectivity index (χ1v) is 6.76. The zero-order valence-corrected chi connectivity index (χ0v) is 11.1. The molecule has 5 heteroatoms. The number of carbonyl (C=O) groups excluding carboxylic acids is 1. The second kappa shape index (κ2) is 7.54. The van der Waals surface area contributed by atoms with Crippen LogP contribution < -0.4 is 5.32 Å². The first kappa shape index (κ1) is 15.3. The molecule has 1 unspecified atom stereocenters. The third-order valence-corrected chi connectivity index (χ3v) is 3.64. The highest BCUT2D eigenvalue weighted by Gasteiger charge is 2.25. The maximum Gasteiger partial charge on any atom is 0.326 e. The molecule has 4 nitrogen and oxygen atoms in total. The molecule has 0 fully saturated rings. The van der Waals surface area contributed by atoms with Crippen LogP contribution in [0.4, 0.5) is 0 Å². The van der Waals surface area contributed by atoms with Crippen LogP contribution in [0.25, 0.3) is 0 Å². The molecular formula is C11H21NO3S. The normalized spacial score (nSPS) is 16.2. The van der Waals surface area contributed by atoms with Crippen LogP contribution in [0, 0.1) is 5.92 Å². The number of amides is 1. The fourth-order valence-corrected chi connectivity index (χ4v) is 1.58. The summed E-state index contributed by atoms with van der Waals surface area (Å²) in [7, 11) is 0. The average molecular weight is 247 g/mol. The van der Waals surface area contributed by atoms with Gasteiger partial charge in [-0.05, 0) is 12.2 Å². The minimum Gasteiger partial charge on any atom is -0.480 e. The Kier molecular flexibility index (Phi) is 7.21. The summed E-state index contributed by atoms with van der Waals surface area (Å²) in [5.41, 5.74) is 0. The lowest BCUT2D eigenvalue weighted by molar-refractivity contribution is -0.143. The van der Waals surface area contributed by atoms with Crippen molar-refractivity contribution in [2.45, 2.75) is 44.9 Å². The predicted molar refractivity (Wildman–Crippen MR) is 66.6 cm³/mol. The Morgan fingerprint density at radius 2 is 1.94 bits per heavy atom. The van der Waals surface area contributed by atoms with Gasteiger partial charge in [-0.1, -0.05) is 27.2 Å². The highest BCUT2D eigenvalue weighted by Crippen LogP contribution is 2.11. The first-order valence-electron chi connectivity index (χ1n) is 5.47. The zero-order valence-electron chi connectivity index (χ0n) is 10.3. The van der Waals surface area contributed by atoms with Crippen molar-refractivity contribution < 1.29 is 14.7 Å². The molecule has 94 valence electrons. The second-order valence-corrected chi connectivity index (χ2v) is 5.30. The summed E-state index contributed by atoms with van der Waals surface area (Å²) in [6.07, 6.45) is 3.03. The van der Waals surface area contributed by atoms with Gasteiger partial charge in [0.05, 0.1) is 0 Å². The molecule has 0 saturated heterocycles. The van der Waals surface area contributed by atoms with E-state index in [2.05, 4.69) is 5.32 Å². The summed E-state index contributed by atoms with van der Waals surface area (Å²) in [5.74, 6) is -1.19. The smallest absolute Gasteiger partial charge is 0.326 e. The summed E-state index contributed by atoms with van der Waals surface area (Å²) >= 11 is 1.59. The minimum absolute atomic E-state index is 0.0500. The molecule has 16 heavy (non-hydrogen) atoms. The molecule has 0 saturated carbocycles. The Balaban J connectivity index is 4.30. The minimum atomic E-state index is -0.959. The van der Waals surface area contributed by atoms with E-state index in [4.69, 9.17) is 5.11 Å². The van der Waals surface area contributed by atoms with Gasteiger partial charge in [-0.15, -0.1) is 0 Å². The van der Waals surface area contributed by atoms with E-state index in [1.54, 1.807) is 11.8 Å². The molecule has 0 aromatic carbocycles. The number of carbonyl (C=O) groups is 2. The monoisotopic (exact) mass is 247 g/mol. The molecule has 0 aromatic rings. The van der Waals surface area contributed by atoms with Gasteiger partial charge >= 0.3 is 5.97 Å². The molecule has 3 atom stereocenters. The van der Waals surface area contributed by atoms with Gasteiger partial charge in [0.15, 0.2) is 0 Å². The largest absolute Gasteiger partial charge is 0.480 e. The summed E-state index contributed by atoms with van der Waals surface area (Å²) in [5, 5.41) is 11.8. The maximum atomic E-state index is 11.6. The fourth-order valence-electron chi connectivity index (χ4n) is 1.26. The lowest BCUT2D eigenvalue weighted by atomic mass is 9.99. The van der Waals surface area contributed by atoms with Gasteiger partial charge in [-0.3, -0.25) is 4.79 Å². The molecule has 0 radical (unpaired) electrons. The Labute approximate surface area is 101 Å². The first-order chi connectivity index (χ1) is 7.42. The van der Waals surface area contributed by atoms with Crippen LogP contribution in [0.5, 0.6) is 0 Å². The van der Waals surface area contributed by atoms with Gasteiger partial charge in [-0.25, -0.2) is 4.79 Å². The second-order valence-electron chi connectivity index (χ2n) is 4.02. The van der Waals surface area contributed by atoms with Crippen molar-refractivity contribution in [3.05, 3.63) is 0 Å². The zero-order chi connectivity index (χ0) is 12.7. The molecule has 0 spiro atoms. The number of nitrogens with one attached hydrogen (secondary N) is 1. The summed E-state index contributed by atoms with van der Waals surface area (Å²) in [4.78, 5) is 22.5. The standard InChI is InChI=1S/C11H21NO3S/c1-5-7(2)10(11(14)15)12-9(13)6-8(3)16-4/h7-8,10H,5-6H2,1-4H3,(H,12,13)(H,14,15)/t7-,8?,10-/m0/s1. The number of hydrogen-bond acceptors (Lipinski definition) is 3. The van der Waals surface area contributed by atoms with Crippen LogP contribution in [0.3, 0.4) is 0 Å². The van der Waals surface area contributed by atoms with E-state index in [1.807, 2.05) is 27.0 Å². The molecule has 0 aromatic heterocycles. The lowest BCUT2D eigenvalue weighted by Gasteiger charge is -2.20. The molecule has 0 heterocycles. The number of carboxylic acid groups (broad SMARTS) is 1. The van der Waals surface area contributed by atoms with Crippen molar-refractivity contribution in [2.24, 2.45) is 5.92 Å². The summed E-state index contributed by atoms with van der Waals surface area (Å²) in [6.45, 7) is 5.69. The Morgan fingerprint density at radius 3 is 2.31 bits per heavy atom. The number of hydrogen-bond donors (Lipinski definition) is 2. The van der Waals surface area contributed by atoms with Crippen molar-refractivity contribution in [3.63, 3.8) is 0 Å². The highest BCUT2D eigenvalue weighted by atomic mass is 32.2. The number of thioether (sulfide) groups is 1. The van der Waals surface area contributed by atoms with E-state index in [-0.39, 0.29) is 17.1 Å². The van der Waals surface area contributed by atoms with E-state index in [0.717, 1.165) is 6.42 Å². The average Bonchev–Trinajstić information content (AvgIpc) is 2.24. The summed E-state index contributed by atoms with van der Waals surface area (Å²) in [6, 6.07) is -0.772. The topological polar surface area (TPSA) is 66.4 Å². The Bertz CT molecular complexity index is 245. The van der Waals surface area contributed by atoms with E-state index < -0.39 is 12.0 Å². The van der Waals surface area contributed by atoms with Gasteiger partial charge in [0.2, 0.25) is 5.91 Å². The highest BCUT2D eigenvalue weighted by molar-refractivity contribution is 7.99. The third-order valence-electron chi connectivity index (χ3n) is 2.67. The molecule has 0 aliphatic carbocycles. The van der Waals surface area contributed by atoms with Crippen LogP contribution in [0.1, 0.15) is 33.6 Å². The van der Waals surface area contributed by atoms with Gasteiger partial charge in [0.25, 0.3) is 0 Å². The molecule has 1 amide bonds. The SMILES string of the molecule is CC[C@H](C)[C@H](NC(=O)CC(C)SC)C(=O)O. The van der Waals surface area contributed by atoms with Crippen LogP contribution >= 0.6 is 11.8 Å². The molecule has 0 aliphatic rings. The predicted octanol–water partition coefficient (Wildman–Crippen LogP) is 1.74. The molecule has 0 rings (SSSR count). The van der Waals surface area contributed by atoms with Crippen molar-refractivity contribution in [1.29, 1.82) is 0 Å². The van der Waals surface area contributed by atoms with E-state index in [9.17, 15) is 9.59 Å². The maximum absolute atomic E-state index is 11.6. The lowest BCUT2D eigenvalue weighted by Crippen LogP contribution is -2.45. The van der Waals surface area contributed by atoms with Gasteiger partial charge < -0.3 is 10.4 Å².